The molecule has 2 aromatic carbocycles. The van der Waals surface area contributed by atoms with Gasteiger partial charge in [0.1, 0.15) is 5.75 Å². The lowest BCUT2D eigenvalue weighted by molar-refractivity contribution is 0.251. The van der Waals surface area contributed by atoms with Crippen LogP contribution in [0.3, 0.4) is 0 Å². The molecule has 1 fully saturated rings. The zero-order valence-electron chi connectivity index (χ0n) is 16.1. The summed E-state index contributed by atoms with van der Waals surface area (Å²) in [7, 11) is 0. The Labute approximate surface area is 184 Å². The number of benzene rings is 2. The van der Waals surface area contributed by atoms with E-state index in [0.29, 0.717) is 19.1 Å². The molecule has 0 radical (unpaired) electrons. The van der Waals surface area contributed by atoms with Crippen molar-refractivity contribution in [2.24, 2.45) is 10.7 Å². The smallest absolute Gasteiger partial charge is 0.189 e. The number of rotatable bonds is 5. The second-order valence-corrected chi connectivity index (χ2v) is 7.27. The Bertz CT molecular complexity index is 777. The molecule has 2 unspecified atom stereocenters. The van der Waals surface area contributed by atoms with Gasteiger partial charge >= 0.3 is 0 Å². The van der Waals surface area contributed by atoms with Crippen LogP contribution in [-0.4, -0.2) is 37.1 Å². The summed E-state index contributed by atoms with van der Waals surface area (Å²) in [5, 5.41) is 3.40. The van der Waals surface area contributed by atoms with Crippen LogP contribution < -0.4 is 15.8 Å². The first kappa shape index (κ1) is 20.9. The van der Waals surface area contributed by atoms with E-state index in [1.165, 1.54) is 18.4 Å². The molecule has 28 heavy (non-hydrogen) atoms. The van der Waals surface area contributed by atoms with Gasteiger partial charge in [0.25, 0.3) is 0 Å². The van der Waals surface area contributed by atoms with Crippen molar-refractivity contribution in [2.75, 3.05) is 26.2 Å². The quantitative estimate of drug-likeness (QED) is 0.378. The Kier molecular flexibility index (Phi) is 7.56. The van der Waals surface area contributed by atoms with E-state index in [-0.39, 0.29) is 36.1 Å². The SMILES string of the molecule is I.NC(=NCC(c1ccccc1)N1CCCC1)NC1CCOc2ccccc21. The second kappa shape index (κ2) is 10.1. The van der Waals surface area contributed by atoms with E-state index in [9.17, 15) is 0 Å². The highest BCUT2D eigenvalue weighted by Gasteiger charge is 2.24. The summed E-state index contributed by atoms with van der Waals surface area (Å²) in [6.07, 6.45) is 3.42. The van der Waals surface area contributed by atoms with Gasteiger partial charge < -0.3 is 15.8 Å². The number of aliphatic imine (C=N–C) groups is 1. The standard InChI is InChI=1S/C22H28N4O.HI/c23-22(25-19-12-15-27-21-11-5-4-10-18(19)21)24-16-20(26-13-6-7-14-26)17-8-2-1-3-9-17;/h1-5,8-11,19-20H,6-7,12-16H2,(H3,23,24,25);1H. The minimum Gasteiger partial charge on any atom is -0.493 e. The van der Waals surface area contributed by atoms with Crippen LogP contribution in [0.1, 0.15) is 42.5 Å². The van der Waals surface area contributed by atoms with Crippen molar-refractivity contribution in [3.05, 3.63) is 65.7 Å². The fourth-order valence-corrected chi connectivity index (χ4v) is 4.06. The number of hydrogen-bond acceptors (Lipinski definition) is 3. The summed E-state index contributed by atoms with van der Waals surface area (Å²) >= 11 is 0. The molecule has 2 aliphatic heterocycles. The van der Waals surface area contributed by atoms with Gasteiger partial charge in [0.05, 0.1) is 25.2 Å². The number of guanidine groups is 1. The van der Waals surface area contributed by atoms with Crippen molar-refractivity contribution in [3.8, 4) is 5.75 Å². The lowest BCUT2D eigenvalue weighted by atomic mass is 10.0. The van der Waals surface area contributed by atoms with Crippen LogP contribution in [0.4, 0.5) is 0 Å². The molecule has 2 aromatic rings. The molecule has 2 aliphatic rings. The highest BCUT2D eigenvalue weighted by atomic mass is 127. The van der Waals surface area contributed by atoms with Gasteiger partial charge in [-0.15, -0.1) is 24.0 Å². The third-order valence-electron chi connectivity index (χ3n) is 5.48. The molecule has 4 rings (SSSR count). The number of hydrogen-bond donors (Lipinski definition) is 2. The van der Waals surface area contributed by atoms with Crippen molar-refractivity contribution in [3.63, 3.8) is 0 Å². The number of likely N-dealkylation sites (tertiary alicyclic amines) is 1. The van der Waals surface area contributed by atoms with Gasteiger partial charge in [0.2, 0.25) is 0 Å². The fraction of sp³-hybridized carbons (Fsp3) is 0.409. The van der Waals surface area contributed by atoms with Crippen molar-refractivity contribution in [1.29, 1.82) is 0 Å². The maximum absolute atomic E-state index is 6.27. The summed E-state index contributed by atoms with van der Waals surface area (Å²) < 4.78 is 5.73. The molecule has 0 amide bonds. The summed E-state index contributed by atoms with van der Waals surface area (Å²) in [5.41, 5.74) is 8.73. The van der Waals surface area contributed by atoms with E-state index in [1.807, 2.05) is 18.2 Å². The topological polar surface area (TPSA) is 62.9 Å². The zero-order chi connectivity index (χ0) is 18.5. The van der Waals surface area contributed by atoms with Gasteiger partial charge in [-0.25, -0.2) is 0 Å². The molecule has 0 aromatic heterocycles. The van der Waals surface area contributed by atoms with Crippen molar-refractivity contribution < 1.29 is 4.74 Å². The summed E-state index contributed by atoms with van der Waals surface area (Å²) in [5.74, 6) is 1.45. The molecule has 150 valence electrons. The number of nitrogens with one attached hydrogen (secondary N) is 1. The maximum atomic E-state index is 6.27. The van der Waals surface area contributed by atoms with Crippen LogP contribution in [-0.2, 0) is 0 Å². The fourth-order valence-electron chi connectivity index (χ4n) is 4.06. The summed E-state index contributed by atoms with van der Waals surface area (Å²) in [4.78, 5) is 7.24. The Balaban J connectivity index is 0.00000225. The minimum absolute atomic E-state index is 0. The van der Waals surface area contributed by atoms with Crippen LogP contribution in [0, 0.1) is 0 Å². The zero-order valence-corrected chi connectivity index (χ0v) is 18.4. The molecule has 3 N–H and O–H groups in total. The van der Waals surface area contributed by atoms with Gasteiger partial charge in [-0.05, 0) is 37.6 Å². The van der Waals surface area contributed by atoms with E-state index in [1.54, 1.807) is 0 Å². The van der Waals surface area contributed by atoms with Gasteiger partial charge in [0.15, 0.2) is 5.96 Å². The van der Waals surface area contributed by atoms with E-state index in [0.717, 1.165) is 30.8 Å². The van der Waals surface area contributed by atoms with Gasteiger partial charge in [-0.3, -0.25) is 9.89 Å². The summed E-state index contributed by atoms with van der Waals surface area (Å²) in [6, 6.07) is 19.2. The first-order valence-corrected chi connectivity index (χ1v) is 9.88. The van der Waals surface area contributed by atoms with Crippen LogP contribution in [0.5, 0.6) is 5.75 Å². The number of para-hydroxylation sites is 1. The van der Waals surface area contributed by atoms with Crippen LogP contribution in [0.2, 0.25) is 0 Å². The van der Waals surface area contributed by atoms with Gasteiger partial charge in [-0.1, -0.05) is 48.5 Å². The lowest BCUT2D eigenvalue weighted by Crippen LogP contribution is -2.38. The molecule has 2 heterocycles. The number of ether oxygens (including phenoxy) is 1. The molecule has 0 saturated carbocycles. The Morgan fingerprint density at radius 1 is 1.11 bits per heavy atom. The third kappa shape index (κ3) is 4.97. The highest BCUT2D eigenvalue weighted by Crippen LogP contribution is 2.31. The molecule has 5 nitrogen and oxygen atoms in total. The lowest BCUT2D eigenvalue weighted by Gasteiger charge is -2.28. The van der Waals surface area contributed by atoms with Crippen LogP contribution in [0.25, 0.3) is 0 Å². The third-order valence-corrected chi connectivity index (χ3v) is 5.48. The van der Waals surface area contributed by atoms with E-state index in [4.69, 9.17) is 15.5 Å². The molecular formula is C22H29IN4O. The maximum Gasteiger partial charge on any atom is 0.189 e. The summed E-state index contributed by atoms with van der Waals surface area (Å²) in [6.45, 7) is 3.64. The van der Waals surface area contributed by atoms with Crippen molar-refractivity contribution in [1.82, 2.24) is 10.2 Å². The molecule has 0 aliphatic carbocycles. The van der Waals surface area contributed by atoms with Crippen LogP contribution >= 0.6 is 24.0 Å². The minimum atomic E-state index is 0. The first-order valence-electron chi connectivity index (χ1n) is 9.88. The second-order valence-electron chi connectivity index (χ2n) is 7.27. The normalized spacial score (nSPS) is 20.6. The van der Waals surface area contributed by atoms with E-state index in [2.05, 4.69) is 46.6 Å². The number of nitrogens with zero attached hydrogens (tertiary/aromatic N) is 2. The highest BCUT2D eigenvalue weighted by molar-refractivity contribution is 14.0. The molecule has 1 saturated heterocycles. The molecular weight excluding hydrogens is 463 g/mol. The van der Waals surface area contributed by atoms with E-state index >= 15 is 0 Å². The predicted octanol–water partition coefficient (Wildman–Crippen LogP) is 3.87. The Hall–Kier alpha value is -1.80. The molecule has 2 atom stereocenters. The average Bonchev–Trinajstić information content (AvgIpc) is 3.24. The Morgan fingerprint density at radius 3 is 2.61 bits per heavy atom. The number of halogens is 1. The van der Waals surface area contributed by atoms with E-state index < -0.39 is 0 Å². The molecule has 0 bridgehead atoms. The van der Waals surface area contributed by atoms with Crippen LogP contribution in [0.15, 0.2) is 59.6 Å². The largest absolute Gasteiger partial charge is 0.493 e. The number of nitrogens with two attached hydrogens (primary N) is 1. The predicted molar refractivity (Wildman–Crippen MR) is 124 cm³/mol. The first-order chi connectivity index (χ1) is 13.3. The Morgan fingerprint density at radius 2 is 1.82 bits per heavy atom. The molecule has 6 heteroatoms. The average molecular weight is 492 g/mol. The molecule has 0 spiro atoms. The van der Waals surface area contributed by atoms with Crippen molar-refractivity contribution in [2.45, 2.75) is 31.3 Å². The van der Waals surface area contributed by atoms with Gasteiger partial charge in [0, 0.05) is 12.0 Å². The van der Waals surface area contributed by atoms with Crippen molar-refractivity contribution >= 4 is 29.9 Å². The number of fused-ring (bicyclic) bond motifs is 1. The monoisotopic (exact) mass is 492 g/mol. The van der Waals surface area contributed by atoms with Gasteiger partial charge in [-0.2, -0.15) is 0 Å².